The van der Waals surface area contributed by atoms with E-state index in [0.717, 1.165) is 38.5 Å². The van der Waals surface area contributed by atoms with E-state index in [1.54, 1.807) is 0 Å². The lowest BCUT2D eigenvalue weighted by atomic mass is 9.85. The van der Waals surface area contributed by atoms with E-state index in [4.69, 9.17) is 9.47 Å². The van der Waals surface area contributed by atoms with Gasteiger partial charge in [-0.15, -0.1) is 0 Å². The molecule has 1 saturated heterocycles. The molecule has 26 heavy (non-hydrogen) atoms. The standard InChI is InChI=1S/C22H38O4/c1-3-5-6-7-8-9-12-18-19-15-14-17(26-21(19)16-20(18)23)11-10-13-22(24)25-4-2/h9,12,17-21,23H,3-8,10-11,13-16H2,1-2H3/b12-9+/t17?,18-,19-,20?,21-/m1/s1. The highest BCUT2D eigenvalue weighted by Gasteiger charge is 2.44. The van der Waals surface area contributed by atoms with Crippen LogP contribution in [-0.2, 0) is 14.3 Å². The third kappa shape index (κ3) is 6.70. The molecule has 4 heteroatoms. The number of ether oxygens (including phenoxy) is 2. The molecule has 1 N–H and O–H groups in total. The molecular formula is C22H38O4. The van der Waals surface area contributed by atoms with Crippen LogP contribution < -0.4 is 0 Å². The quantitative estimate of drug-likeness (QED) is 0.324. The van der Waals surface area contributed by atoms with Crippen molar-refractivity contribution in [2.45, 2.75) is 103 Å². The van der Waals surface area contributed by atoms with Gasteiger partial charge < -0.3 is 14.6 Å². The van der Waals surface area contributed by atoms with Gasteiger partial charge in [-0.05, 0) is 51.4 Å². The van der Waals surface area contributed by atoms with Crippen molar-refractivity contribution in [2.24, 2.45) is 11.8 Å². The van der Waals surface area contributed by atoms with Gasteiger partial charge in [0.1, 0.15) is 0 Å². The lowest BCUT2D eigenvalue weighted by molar-refractivity contribution is -0.143. The van der Waals surface area contributed by atoms with Crippen LogP contribution in [0.1, 0.15) is 84.5 Å². The SMILES string of the molecule is CCCCCC/C=C/[C@H]1C(O)C[C@H]2OC(CCCC(=O)OCC)CC[C@@H]21. The van der Waals surface area contributed by atoms with E-state index >= 15 is 0 Å². The molecule has 0 radical (unpaired) electrons. The predicted octanol–water partition coefficient (Wildman–Crippen LogP) is 4.79. The molecule has 0 aromatic rings. The number of unbranched alkanes of at least 4 members (excludes halogenated alkanes) is 4. The summed E-state index contributed by atoms with van der Waals surface area (Å²) in [5, 5.41) is 10.5. The first-order chi connectivity index (χ1) is 12.7. The van der Waals surface area contributed by atoms with Crippen LogP contribution in [-0.4, -0.2) is 36.0 Å². The van der Waals surface area contributed by atoms with Crippen molar-refractivity contribution in [1.29, 1.82) is 0 Å². The van der Waals surface area contributed by atoms with Crippen LogP contribution >= 0.6 is 0 Å². The molecule has 0 aromatic heterocycles. The van der Waals surface area contributed by atoms with Gasteiger partial charge in [0.05, 0.1) is 24.9 Å². The molecule has 4 nitrogen and oxygen atoms in total. The van der Waals surface area contributed by atoms with Crippen LogP contribution in [0.2, 0.25) is 0 Å². The Labute approximate surface area is 159 Å². The van der Waals surface area contributed by atoms with Gasteiger partial charge >= 0.3 is 5.97 Å². The highest BCUT2D eigenvalue weighted by Crippen LogP contribution is 2.43. The number of aliphatic hydroxyl groups excluding tert-OH is 1. The molecule has 2 unspecified atom stereocenters. The summed E-state index contributed by atoms with van der Waals surface area (Å²) in [6.45, 7) is 4.52. The Morgan fingerprint density at radius 3 is 2.81 bits per heavy atom. The summed E-state index contributed by atoms with van der Waals surface area (Å²) in [5.74, 6) is 0.603. The molecule has 5 atom stereocenters. The second kappa shape index (κ2) is 11.8. The number of rotatable bonds is 11. The molecule has 0 bridgehead atoms. The number of allylic oxidation sites excluding steroid dienone is 1. The Kier molecular flexibility index (Phi) is 9.69. The maximum atomic E-state index is 11.4. The molecule has 2 rings (SSSR count). The number of carbonyl (C=O) groups excluding carboxylic acids is 1. The van der Waals surface area contributed by atoms with E-state index < -0.39 is 0 Å². The summed E-state index contributed by atoms with van der Waals surface area (Å²) in [5.41, 5.74) is 0. The molecule has 150 valence electrons. The molecule has 0 aromatic carbocycles. The molecule has 0 spiro atoms. The van der Waals surface area contributed by atoms with Gasteiger partial charge in [0.25, 0.3) is 0 Å². The highest BCUT2D eigenvalue weighted by molar-refractivity contribution is 5.69. The molecule has 1 aliphatic carbocycles. The summed E-state index contributed by atoms with van der Waals surface area (Å²) in [4.78, 5) is 11.4. The molecule has 1 aliphatic heterocycles. The van der Waals surface area contributed by atoms with E-state index in [-0.39, 0.29) is 30.2 Å². The Balaban J connectivity index is 1.70. The van der Waals surface area contributed by atoms with Gasteiger partial charge in [0.15, 0.2) is 0 Å². The van der Waals surface area contributed by atoms with Crippen molar-refractivity contribution in [3.8, 4) is 0 Å². The first-order valence-electron chi connectivity index (χ1n) is 10.8. The van der Waals surface area contributed by atoms with Crippen LogP contribution in [0.5, 0.6) is 0 Å². The van der Waals surface area contributed by atoms with Gasteiger partial charge in [-0.25, -0.2) is 0 Å². The van der Waals surface area contributed by atoms with Crippen molar-refractivity contribution >= 4 is 5.97 Å². The fraction of sp³-hybridized carbons (Fsp3) is 0.864. The number of hydrogen-bond acceptors (Lipinski definition) is 4. The Morgan fingerprint density at radius 2 is 2.04 bits per heavy atom. The Hall–Kier alpha value is -0.870. The second-order valence-electron chi connectivity index (χ2n) is 7.89. The van der Waals surface area contributed by atoms with Gasteiger partial charge in [-0.1, -0.05) is 38.3 Å². The van der Waals surface area contributed by atoms with E-state index in [1.807, 2.05) is 6.92 Å². The van der Waals surface area contributed by atoms with Crippen molar-refractivity contribution in [3.63, 3.8) is 0 Å². The maximum Gasteiger partial charge on any atom is 0.305 e. The number of carbonyl (C=O) groups is 1. The van der Waals surface area contributed by atoms with E-state index in [9.17, 15) is 9.90 Å². The first-order valence-corrected chi connectivity index (χ1v) is 10.8. The molecular weight excluding hydrogens is 328 g/mol. The zero-order valence-corrected chi connectivity index (χ0v) is 16.7. The number of fused-ring (bicyclic) bond motifs is 1. The Bertz CT molecular complexity index is 434. The van der Waals surface area contributed by atoms with Crippen LogP contribution in [0.3, 0.4) is 0 Å². The Morgan fingerprint density at radius 1 is 1.19 bits per heavy atom. The third-order valence-corrected chi connectivity index (χ3v) is 5.87. The van der Waals surface area contributed by atoms with Crippen molar-refractivity contribution < 1.29 is 19.4 Å². The predicted molar refractivity (Wildman–Crippen MR) is 104 cm³/mol. The summed E-state index contributed by atoms with van der Waals surface area (Å²) in [6.07, 6.45) is 16.1. The van der Waals surface area contributed by atoms with Crippen molar-refractivity contribution in [2.75, 3.05) is 6.61 Å². The molecule has 2 aliphatic rings. The van der Waals surface area contributed by atoms with Crippen LogP contribution in [0.25, 0.3) is 0 Å². The largest absolute Gasteiger partial charge is 0.466 e. The summed E-state index contributed by atoms with van der Waals surface area (Å²) < 4.78 is 11.2. The van der Waals surface area contributed by atoms with Gasteiger partial charge in [-0.3, -0.25) is 4.79 Å². The topological polar surface area (TPSA) is 55.8 Å². The fourth-order valence-corrected chi connectivity index (χ4v) is 4.46. The average Bonchev–Trinajstić information content (AvgIpc) is 2.93. The third-order valence-electron chi connectivity index (χ3n) is 5.87. The number of esters is 1. The molecule has 1 heterocycles. The average molecular weight is 367 g/mol. The molecule has 1 saturated carbocycles. The lowest BCUT2D eigenvalue weighted by Crippen LogP contribution is -2.33. The van der Waals surface area contributed by atoms with E-state index in [1.165, 1.54) is 25.7 Å². The van der Waals surface area contributed by atoms with Gasteiger partial charge in [0, 0.05) is 18.8 Å². The van der Waals surface area contributed by atoms with Crippen molar-refractivity contribution in [3.05, 3.63) is 12.2 Å². The van der Waals surface area contributed by atoms with Crippen LogP contribution in [0.15, 0.2) is 12.2 Å². The van der Waals surface area contributed by atoms with Gasteiger partial charge in [0.2, 0.25) is 0 Å². The van der Waals surface area contributed by atoms with Gasteiger partial charge in [-0.2, -0.15) is 0 Å². The monoisotopic (exact) mass is 366 g/mol. The summed E-state index contributed by atoms with van der Waals surface area (Å²) >= 11 is 0. The van der Waals surface area contributed by atoms with Crippen LogP contribution in [0, 0.1) is 11.8 Å². The summed E-state index contributed by atoms with van der Waals surface area (Å²) in [6, 6.07) is 0. The highest BCUT2D eigenvalue weighted by atomic mass is 16.5. The maximum absolute atomic E-state index is 11.4. The molecule has 0 amide bonds. The first kappa shape index (κ1) is 21.4. The zero-order valence-electron chi connectivity index (χ0n) is 16.7. The van der Waals surface area contributed by atoms with Crippen molar-refractivity contribution in [1.82, 2.24) is 0 Å². The fourth-order valence-electron chi connectivity index (χ4n) is 4.46. The lowest BCUT2D eigenvalue weighted by Gasteiger charge is -2.34. The van der Waals surface area contributed by atoms with E-state index in [0.29, 0.717) is 18.9 Å². The minimum Gasteiger partial charge on any atom is -0.466 e. The number of aliphatic hydroxyl groups is 1. The minimum atomic E-state index is -0.268. The minimum absolute atomic E-state index is 0.110. The normalized spacial score (nSPS) is 31.3. The number of hydrogen-bond donors (Lipinski definition) is 1. The zero-order chi connectivity index (χ0) is 18.8. The van der Waals surface area contributed by atoms with E-state index in [2.05, 4.69) is 19.1 Å². The smallest absolute Gasteiger partial charge is 0.305 e. The van der Waals surface area contributed by atoms with Crippen LogP contribution in [0.4, 0.5) is 0 Å². The second-order valence-corrected chi connectivity index (χ2v) is 7.89. The summed E-state index contributed by atoms with van der Waals surface area (Å²) in [7, 11) is 0. The molecule has 2 fully saturated rings.